The molecule has 0 spiro atoms. The van der Waals surface area contributed by atoms with E-state index in [1.54, 1.807) is 24.4 Å². The van der Waals surface area contributed by atoms with Crippen LogP contribution in [-0.4, -0.2) is 72.0 Å². The fourth-order valence-electron chi connectivity index (χ4n) is 6.01. The molecule has 3 atom stereocenters. The van der Waals surface area contributed by atoms with Crippen LogP contribution in [0.3, 0.4) is 0 Å². The lowest BCUT2D eigenvalue weighted by Gasteiger charge is -2.40. The molecule has 3 aliphatic rings. The number of rotatable bonds is 5. The van der Waals surface area contributed by atoms with Crippen molar-refractivity contribution in [3.05, 3.63) is 35.8 Å². The third kappa shape index (κ3) is 4.96. The van der Waals surface area contributed by atoms with E-state index in [1.807, 2.05) is 4.90 Å². The molecule has 4 N–H and O–H groups in total. The molecule has 1 aliphatic carbocycles. The Hall–Kier alpha value is -2.99. The van der Waals surface area contributed by atoms with Crippen LogP contribution in [0.25, 0.3) is 11.3 Å². The number of nitrogens with zero attached hydrogens (tertiary/aromatic N) is 3. The largest absolute Gasteiger partial charge is 0.417 e. The Morgan fingerprint density at radius 3 is 2.43 bits per heavy atom. The van der Waals surface area contributed by atoms with Gasteiger partial charge < -0.3 is 20.4 Å². The van der Waals surface area contributed by atoms with Crippen LogP contribution in [0.4, 0.5) is 13.2 Å². The number of aromatic amines is 1. The normalized spacial score (nSPS) is 29.8. The maximum Gasteiger partial charge on any atom is 0.417 e. The number of fused-ring (bicyclic) bond motifs is 2. The van der Waals surface area contributed by atoms with Crippen molar-refractivity contribution < 1.29 is 33.0 Å². The molecular formula is C25H30F3N5O4. The van der Waals surface area contributed by atoms with Gasteiger partial charge in [0.2, 0.25) is 5.91 Å². The Bertz CT molecular complexity index is 1150. The van der Waals surface area contributed by atoms with Gasteiger partial charge in [-0.2, -0.15) is 18.3 Å². The number of carbonyl (C=O) groups excluding carboxylic acids is 2. The average Bonchev–Trinajstić information content (AvgIpc) is 3.47. The summed E-state index contributed by atoms with van der Waals surface area (Å²) in [6, 6.07) is 4.53. The van der Waals surface area contributed by atoms with E-state index in [1.165, 1.54) is 0 Å². The van der Waals surface area contributed by atoms with Gasteiger partial charge in [-0.25, -0.2) is 0 Å². The quantitative estimate of drug-likeness (QED) is 0.479. The molecule has 2 amide bonds. The Balaban J connectivity index is 1.19. The van der Waals surface area contributed by atoms with E-state index in [0.717, 1.165) is 18.4 Å². The Labute approximate surface area is 211 Å². The number of amides is 2. The molecule has 1 unspecified atom stereocenters. The maximum atomic E-state index is 13.3. The summed E-state index contributed by atoms with van der Waals surface area (Å²) in [6.45, 7) is -0.198. The van der Waals surface area contributed by atoms with E-state index >= 15 is 0 Å². The van der Waals surface area contributed by atoms with Gasteiger partial charge >= 0.3 is 6.18 Å². The second-order valence-electron chi connectivity index (χ2n) is 10.4. The summed E-state index contributed by atoms with van der Waals surface area (Å²) in [7, 11) is 0. The Morgan fingerprint density at radius 1 is 1.14 bits per heavy atom. The zero-order valence-corrected chi connectivity index (χ0v) is 20.2. The smallest absolute Gasteiger partial charge is 0.390 e. The predicted molar refractivity (Wildman–Crippen MR) is 125 cm³/mol. The van der Waals surface area contributed by atoms with Crippen LogP contribution in [0, 0.1) is 5.92 Å². The van der Waals surface area contributed by atoms with E-state index < -0.39 is 30.7 Å². The Kier molecular flexibility index (Phi) is 6.73. The summed E-state index contributed by atoms with van der Waals surface area (Å²) in [5, 5.41) is 29.1. The minimum atomic E-state index is -4.67. The second-order valence-corrected chi connectivity index (χ2v) is 10.4. The first-order chi connectivity index (χ1) is 17.6. The second kappa shape index (κ2) is 9.71. The van der Waals surface area contributed by atoms with Crippen LogP contribution in [-0.2, 0) is 11.4 Å². The van der Waals surface area contributed by atoms with Crippen molar-refractivity contribution in [2.24, 2.45) is 5.92 Å². The van der Waals surface area contributed by atoms with Gasteiger partial charge in [0.15, 0.2) is 11.3 Å². The molecule has 0 radical (unpaired) electrons. The number of nitrogens with one attached hydrogen (secondary N) is 2. The number of halogens is 3. The van der Waals surface area contributed by atoms with Gasteiger partial charge in [-0.05, 0) is 69.6 Å². The minimum absolute atomic E-state index is 0.0741. The van der Waals surface area contributed by atoms with Crippen molar-refractivity contribution in [2.45, 2.75) is 87.9 Å². The summed E-state index contributed by atoms with van der Waals surface area (Å²) in [6.07, 6.45) is -1.25. The SMILES string of the molecule is O=C(NC1CCC(O)(C(F)(F)F)CC1)C1C[C@H]2CC[C@@H](C1)N2C(=O)c1cc(-c2ccnc(CO)c2)[nH]n1. The number of pyridine rings is 1. The molecule has 9 nitrogen and oxygen atoms in total. The summed E-state index contributed by atoms with van der Waals surface area (Å²) in [5.74, 6) is -0.705. The molecule has 5 rings (SSSR count). The highest BCUT2D eigenvalue weighted by Crippen LogP contribution is 2.42. The number of alkyl halides is 3. The molecule has 2 saturated heterocycles. The number of aliphatic hydroxyl groups is 2. The van der Waals surface area contributed by atoms with E-state index in [2.05, 4.69) is 20.5 Å². The van der Waals surface area contributed by atoms with Gasteiger partial charge in [0.25, 0.3) is 5.91 Å². The molecule has 2 aromatic rings. The average molecular weight is 522 g/mol. The zero-order valence-electron chi connectivity index (χ0n) is 20.2. The summed E-state index contributed by atoms with van der Waals surface area (Å²) >= 11 is 0. The van der Waals surface area contributed by atoms with Crippen LogP contribution < -0.4 is 5.32 Å². The van der Waals surface area contributed by atoms with Crippen LogP contribution in [0.2, 0.25) is 0 Å². The first-order valence-electron chi connectivity index (χ1n) is 12.6. The number of hydrogen-bond acceptors (Lipinski definition) is 6. The first-order valence-corrected chi connectivity index (χ1v) is 12.6. The lowest BCUT2D eigenvalue weighted by atomic mass is 9.81. The van der Waals surface area contributed by atoms with E-state index in [9.17, 15) is 33.0 Å². The molecule has 1 saturated carbocycles. The van der Waals surface area contributed by atoms with Crippen molar-refractivity contribution in [3.63, 3.8) is 0 Å². The van der Waals surface area contributed by atoms with Gasteiger partial charge in [-0.15, -0.1) is 0 Å². The number of H-pyrrole nitrogens is 1. The molecule has 200 valence electrons. The van der Waals surface area contributed by atoms with Crippen molar-refractivity contribution >= 4 is 11.8 Å². The summed E-state index contributed by atoms with van der Waals surface area (Å²) < 4.78 is 39.2. The maximum absolute atomic E-state index is 13.3. The van der Waals surface area contributed by atoms with E-state index in [4.69, 9.17) is 0 Å². The van der Waals surface area contributed by atoms with Gasteiger partial charge in [-0.1, -0.05) is 0 Å². The van der Waals surface area contributed by atoms with Crippen molar-refractivity contribution in [2.75, 3.05) is 0 Å². The number of aromatic nitrogens is 3. The highest BCUT2D eigenvalue weighted by Gasteiger charge is 2.55. The number of carbonyl (C=O) groups is 2. The number of piperidine rings is 1. The van der Waals surface area contributed by atoms with Crippen LogP contribution in [0.1, 0.15) is 67.5 Å². The topological polar surface area (TPSA) is 131 Å². The van der Waals surface area contributed by atoms with Gasteiger partial charge in [0.05, 0.1) is 18.0 Å². The summed E-state index contributed by atoms with van der Waals surface area (Å²) in [4.78, 5) is 32.2. The standard InChI is InChI=1S/C25H30F3N5O4/c26-25(27,28)24(37)6-3-16(4-7-24)30-22(35)15-10-18-1-2-19(11-15)33(18)23(36)21-12-20(31-32-21)14-5-8-29-17(9-14)13-34/h5,8-9,12,15-16,18-19,34,37H,1-4,6-7,10-11,13H2,(H,30,35)(H,31,32)/t15?,16?,18-,19+,24?. The molecular weight excluding hydrogens is 491 g/mol. The zero-order chi connectivity index (χ0) is 26.4. The molecule has 4 heterocycles. The molecule has 2 aromatic heterocycles. The lowest BCUT2D eigenvalue weighted by Crippen LogP contribution is -2.53. The molecule has 37 heavy (non-hydrogen) atoms. The molecule has 0 aromatic carbocycles. The summed E-state index contributed by atoms with van der Waals surface area (Å²) in [5.41, 5.74) is -0.518. The first kappa shape index (κ1) is 25.7. The fraction of sp³-hybridized carbons (Fsp3) is 0.600. The monoisotopic (exact) mass is 521 g/mol. The Morgan fingerprint density at radius 2 is 1.81 bits per heavy atom. The van der Waals surface area contributed by atoms with Gasteiger partial charge in [0.1, 0.15) is 0 Å². The fourth-order valence-corrected chi connectivity index (χ4v) is 6.01. The van der Waals surface area contributed by atoms with E-state index in [-0.39, 0.29) is 55.0 Å². The van der Waals surface area contributed by atoms with Crippen molar-refractivity contribution in [1.82, 2.24) is 25.4 Å². The molecule has 12 heteroatoms. The van der Waals surface area contributed by atoms with E-state index in [0.29, 0.717) is 24.2 Å². The minimum Gasteiger partial charge on any atom is -0.390 e. The van der Waals surface area contributed by atoms with Crippen molar-refractivity contribution in [1.29, 1.82) is 0 Å². The third-order valence-electron chi connectivity index (χ3n) is 8.11. The third-order valence-corrected chi connectivity index (χ3v) is 8.11. The highest BCUT2D eigenvalue weighted by molar-refractivity contribution is 5.94. The molecule has 2 bridgehead atoms. The van der Waals surface area contributed by atoms with Gasteiger partial charge in [0, 0.05) is 35.8 Å². The highest BCUT2D eigenvalue weighted by atomic mass is 19.4. The number of aliphatic hydroxyl groups excluding tert-OH is 1. The lowest BCUT2D eigenvalue weighted by molar-refractivity contribution is -0.270. The molecule has 3 fully saturated rings. The van der Waals surface area contributed by atoms with Crippen LogP contribution in [0.5, 0.6) is 0 Å². The molecule has 2 aliphatic heterocycles. The van der Waals surface area contributed by atoms with Crippen LogP contribution in [0.15, 0.2) is 24.4 Å². The van der Waals surface area contributed by atoms with Crippen molar-refractivity contribution in [3.8, 4) is 11.3 Å². The predicted octanol–water partition coefficient (Wildman–Crippen LogP) is 2.70. The van der Waals surface area contributed by atoms with Crippen LogP contribution >= 0.6 is 0 Å². The van der Waals surface area contributed by atoms with Gasteiger partial charge in [-0.3, -0.25) is 19.7 Å². The number of hydrogen-bond donors (Lipinski definition) is 4.